The molecule has 5 rings (SSSR count). The van der Waals surface area contributed by atoms with Gasteiger partial charge in [0.15, 0.2) is 38.8 Å². The number of ether oxygens (including phenoxy) is 3. The number of carbonyl (C=O) groups excluding carboxylic acids is 1. The molecule has 0 fully saturated rings. The average molecular weight is 934 g/mol. The van der Waals surface area contributed by atoms with Crippen LogP contribution in [-0.4, -0.2) is 130 Å². The second-order valence-corrected chi connectivity index (χ2v) is 25.7. The molecule has 13 nitrogen and oxygen atoms in total. The first-order chi connectivity index (χ1) is 30.6. The number of methoxy groups -OCH3 is 1. The normalized spacial score (nSPS) is 12.2. The SMILES string of the molecule is COC(=O)c1nc(N(CCCCC[N+](C)(C)CCCO)c2cc(C)c(/N=c3\sc4ccccc4n3COCC[Si](C)(C)C)nn2)sc1CCCOc1ccc(C#CCN(C)C)cc1F. The van der Waals surface area contributed by atoms with Gasteiger partial charge in [-0.2, -0.15) is 4.99 Å². The number of esters is 1. The number of nitrogens with zero attached hydrogens (tertiary/aromatic N) is 8. The van der Waals surface area contributed by atoms with Gasteiger partial charge in [-0.25, -0.2) is 14.2 Å². The van der Waals surface area contributed by atoms with Crippen LogP contribution in [0.4, 0.5) is 21.2 Å². The molecule has 0 unspecified atom stereocenters. The van der Waals surface area contributed by atoms with E-state index in [0.717, 1.165) is 74.8 Å². The van der Waals surface area contributed by atoms with Crippen molar-refractivity contribution < 1.29 is 33.0 Å². The van der Waals surface area contributed by atoms with Gasteiger partial charge in [0.1, 0.15) is 6.73 Å². The molecule has 0 radical (unpaired) electrons. The number of unbranched alkanes of at least 4 members (excludes halogenated alkanes) is 2. The van der Waals surface area contributed by atoms with Gasteiger partial charge in [0.2, 0.25) is 0 Å². The number of halogens is 1. The van der Waals surface area contributed by atoms with Crippen molar-refractivity contribution >= 4 is 63.7 Å². The topological polar surface area (TPSA) is 127 Å². The minimum absolute atomic E-state index is 0.148. The highest BCUT2D eigenvalue weighted by atomic mass is 32.1. The molecule has 0 spiro atoms. The summed E-state index contributed by atoms with van der Waals surface area (Å²) in [6.07, 6.45) is 4.56. The molecule has 17 heteroatoms. The van der Waals surface area contributed by atoms with Crippen LogP contribution in [0.25, 0.3) is 10.2 Å². The molecule has 2 aromatic carbocycles. The fourth-order valence-corrected chi connectivity index (χ4v) is 9.66. The average Bonchev–Trinajstić information content (AvgIpc) is 3.83. The van der Waals surface area contributed by atoms with E-state index in [1.807, 2.05) is 49.0 Å². The third-order valence-electron chi connectivity index (χ3n) is 10.5. The Bertz CT molecular complexity index is 2440. The Hall–Kier alpha value is -4.54. The number of rotatable bonds is 24. The first-order valence-electron chi connectivity index (χ1n) is 22.0. The van der Waals surface area contributed by atoms with Crippen LogP contribution in [0.1, 0.15) is 58.6 Å². The number of aryl methyl sites for hydroxylation is 2. The van der Waals surface area contributed by atoms with E-state index < -0.39 is 19.9 Å². The lowest BCUT2D eigenvalue weighted by atomic mass is 10.2. The largest absolute Gasteiger partial charge is 0.491 e. The standard InChI is InChI=1S/C47H66FN8O5S2Si/c1-35-32-42(51-52-44(35)50-47-55(34-60-30-31-64(7,8)9)38-19-11-12-20-40(38)62-47)54(25-13-10-14-26-56(4,5)27-17-28-57)46-49-43(45(58)59-6)41(63-46)21-16-29-61-39-23-22-36(33-37(39)48)18-15-24-53(2)3/h11-12,19-20,22-23,32-33,57H,10,13-14,16-17,21,24-31,34H2,1-9H3/q+1/b50-47-. The summed E-state index contributed by atoms with van der Waals surface area (Å²) in [5, 5.41) is 19.4. The van der Waals surface area contributed by atoms with Crippen molar-refractivity contribution in [1.82, 2.24) is 24.6 Å². The highest BCUT2D eigenvalue weighted by molar-refractivity contribution is 7.16. The van der Waals surface area contributed by atoms with E-state index >= 15 is 0 Å². The van der Waals surface area contributed by atoms with Gasteiger partial charge in [-0.1, -0.05) is 55.0 Å². The van der Waals surface area contributed by atoms with Crippen LogP contribution in [0.15, 0.2) is 53.5 Å². The minimum atomic E-state index is -1.25. The lowest BCUT2D eigenvalue weighted by Crippen LogP contribution is -2.41. The van der Waals surface area contributed by atoms with Gasteiger partial charge < -0.3 is 28.7 Å². The number of thiazole rings is 2. The summed E-state index contributed by atoms with van der Waals surface area (Å²) in [5.41, 5.74) is 2.71. The molecule has 0 atom stereocenters. The van der Waals surface area contributed by atoms with Gasteiger partial charge in [0.05, 0.1) is 57.7 Å². The van der Waals surface area contributed by atoms with Crippen LogP contribution in [0.3, 0.4) is 0 Å². The maximum absolute atomic E-state index is 14.9. The first kappa shape index (κ1) is 50.5. The van der Waals surface area contributed by atoms with Crippen LogP contribution in [-0.2, 0) is 22.6 Å². The number of hydrogen-bond donors (Lipinski definition) is 1. The van der Waals surface area contributed by atoms with Crippen LogP contribution >= 0.6 is 22.7 Å². The highest BCUT2D eigenvalue weighted by Crippen LogP contribution is 2.34. The van der Waals surface area contributed by atoms with Crippen molar-refractivity contribution in [2.75, 3.05) is 86.2 Å². The Morgan fingerprint density at radius 3 is 2.50 bits per heavy atom. The number of para-hydroxylation sites is 1. The maximum Gasteiger partial charge on any atom is 0.357 e. The summed E-state index contributed by atoms with van der Waals surface area (Å²) in [7, 11) is 8.34. The van der Waals surface area contributed by atoms with Crippen LogP contribution in [0.5, 0.6) is 5.75 Å². The molecule has 0 saturated heterocycles. The van der Waals surface area contributed by atoms with Crippen LogP contribution < -0.4 is 14.4 Å². The number of fused-ring (bicyclic) bond motifs is 1. The number of aromatic nitrogens is 4. The predicted octanol–water partition coefficient (Wildman–Crippen LogP) is 8.42. The summed E-state index contributed by atoms with van der Waals surface area (Å²) < 4.78 is 36.2. The third kappa shape index (κ3) is 15.3. The molecule has 0 aliphatic carbocycles. The summed E-state index contributed by atoms with van der Waals surface area (Å²) in [5.74, 6) is 6.24. The fourth-order valence-electron chi connectivity index (χ4n) is 6.76. The van der Waals surface area contributed by atoms with Crippen molar-refractivity contribution in [3.05, 3.63) is 80.8 Å². The molecular formula is C47H66FN8O5S2Si+. The van der Waals surface area contributed by atoms with Crippen LogP contribution in [0.2, 0.25) is 25.7 Å². The van der Waals surface area contributed by atoms with Gasteiger partial charge >= 0.3 is 5.97 Å². The van der Waals surface area contributed by atoms with Crippen molar-refractivity contribution in [2.24, 2.45) is 4.99 Å². The quantitative estimate of drug-likeness (QED) is 0.0212. The number of quaternary nitrogens is 1. The number of carbonyl (C=O) groups is 1. The monoisotopic (exact) mass is 933 g/mol. The maximum atomic E-state index is 14.9. The number of hydrogen-bond acceptors (Lipinski definition) is 13. The molecular weight excluding hydrogens is 868 g/mol. The summed E-state index contributed by atoms with van der Waals surface area (Å²) >= 11 is 2.99. The molecule has 3 heterocycles. The Morgan fingerprint density at radius 2 is 1.78 bits per heavy atom. The van der Waals surface area contributed by atoms with E-state index in [4.69, 9.17) is 29.3 Å². The van der Waals surface area contributed by atoms with E-state index in [2.05, 4.69) is 67.4 Å². The van der Waals surface area contributed by atoms with E-state index in [0.29, 0.717) is 61.6 Å². The summed E-state index contributed by atoms with van der Waals surface area (Å²) in [6.45, 7) is 13.6. The minimum Gasteiger partial charge on any atom is -0.491 e. The Morgan fingerprint density at radius 1 is 1.00 bits per heavy atom. The predicted molar refractivity (Wildman–Crippen MR) is 259 cm³/mol. The van der Waals surface area contributed by atoms with E-state index in [-0.39, 0.29) is 24.7 Å². The number of anilines is 2. The molecule has 64 heavy (non-hydrogen) atoms. The van der Waals surface area contributed by atoms with Gasteiger partial charge in [0, 0.05) is 44.7 Å². The number of aliphatic hydroxyl groups excluding tert-OH is 1. The Kier molecular flexibility index (Phi) is 19.0. The number of benzene rings is 2. The lowest BCUT2D eigenvalue weighted by molar-refractivity contribution is -0.890. The van der Waals surface area contributed by atoms with Crippen LogP contribution in [0, 0.1) is 24.6 Å². The highest BCUT2D eigenvalue weighted by Gasteiger charge is 2.25. The molecule has 0 saturated carbocycles. The summed E-state index contributed by atoms with van der Waals surface area (Å²) in [4.78, 5) is 28.5. The van der Waals surface area contributed by atoms with Gasteiger partial charge in [-0.15, -0.1) is 21.5 Å². The molecule has 346 valence electrons. The zero-order chi connectivity index (χ0) is 46.3. The smallest absolute Gasteiger partial charge is 0.357 e. The summed E-state index contributed by atoms with van der Waals surface area (Å²) in [6, 6.07) is 16.0. The Labute approximate surface area is 387 Å². The van der Waals surface area contributed by atoms with Crippen molar-refractivity contribution in [2.45, 2.75) is 77.9 Å². The zero-order valence-electron chi connectivity index (χ0n) is 39.1. The van der Waals surface area contributed by atoms with Crippen molar-refractivity contribution in [1.29, 1.82) is 0 Å². The Balaban J connectivity index is 1.39. The molecule has 1 N–H and O–H groups in total. The van der Waals surface area contributed by atoms with Crippen molar-refractivity contribution in [3.63, 3.8) is 0 Å². The van der Waals surface area contributed by atoms with E-state index in [1.165, 1.54) is 24.5 Å². The molecule has 0 bridgehead atoms. The van der Waals surface area contributed by atoms with Gasteiger partial charge in [-0.05, 0) is 101 Å². The second kappa shape index (κ2) is 24.1. The third-order valence-corrected chi connectivity index (χ3v) is 14.4. The molecule has 0 aliphatic heterocycles. The molecule has 3 aromatic heterocycles. The molecule has 5 aromatic rings. The lowest BCUT2D eigenvalue weighted by Gasteiger charge is -2.29. The zero-order valence-corrected chi connectivity index (χ0v) is 41.7. The molecule has 0 amide bonds. The molecule has 0 aliphatic rings. The number of aliphatic hydroxyl groups is 1. The van der Waals surface area contributed by atoms with Gasteiger partial charge in [0.25, 0.3) is 0 Å². The first-order valence-corrected chi connectivity index (χ1v) is 27.3. The van der Waals surface area contributed by atoms with Gasteiger partial charge in [-0.3, -0.25) is 9.47 Å². The van der Waals surface area contributed by atoms with Crippen molar-refractivity contribution in [3.8, 4) is 17.6 Å². The van der Waals surface area contributed by atoms with E-state index in [1.54, 1.807) is 23.5 Å². The fraction of sp³-hybridized carbons (Fsp3) is 0.511. The second-order valence-electron chi connectivity index (χ2n) is 18.0. The van der Waals surface area contributed by atoms with E-state index in [9.17, 15) is 14.3 Å².